The molecule has 0 spiro atoms. The predicted molar refractivity (Wildman–Crippen MR) is 133 cm³/mol. The lowest BCUT2D eigenvalue weighted by Crippen LogP contribution is -2.36. The fraction of sp³-hybridized carbons (Fsp3) is 0.222. The Balaban J connectivity index is 1.28. The number of hydrogen-bond acceptors (Lipinski definition) is 6. The van der Waals surface area contributed by atoms with Crippen LogP contribution >= 0.6 is 11.6 Å². The molecule has 0 radical (unpaired) electrons. The third kappa shape index (κ3) is 4.78. The molecule has 1 N–H and O–H groups in total. The Morgan fingerprint density at radius 2 is 1.86 bits per heavy atom. The highest BCUT2D eigenvalue weighted by Crippen LogP contribution is 2.31. The van der Waals surface area contributed by atoms with E-state index >= 15 is 0 Å². The van der Waals surface area contributed by atoms with Crippen molar-refractivity contribution in [2.75, 3.05) is 25.6 Å². The van der Waals surface area contributed by atoms with Crippen LogP contribution in [-0.4, -0.2) is 49.0 Å². The number of hydrogen-bond donors (Lipinski definition) is 1. The molecule has 2 aliphatic heterocycles. The summed E-state index contributed by atoms with van der Waals surface area (Å²) in [5.74, 6) is 0.320. The molecule has 3 amide bonds. The van der Waals surface area contributed by atoms with Gasteiger partial charge in [0.2, 0.25) is 0 Å². The zero-order chi connectivity index (χ0) is 25.2. The average molecular weight is 507 g/mol. The minimum Gasteiger partial charge on any atom is -0.495 e. The number of fused-ring (bicyclic) bond motifs is 1. The fourth-order valence-electron chi connectivity index (χ4n) is 4.28. The van der Waals surface area contributed by atoms with Gasteiger partial charge in [-0.3, -0.25) is 19.3 Å². The molecule has 9 heteroatoms. The van der Waals surface area contributed by atoms with Crippen molar-refractivity contribution in [2.45, 2.75) is 18.9 Å². The van der Waals surface area contributed by atoms with Crippen LogP contribution in [0, 0.1) is 0 Å². The van der Waals surface area contributed by atoms with Gasteiger partial charge in [0.15, 0.2) is 0 Å². The van der Waals surface area contributed by atoms with Gasteiger partial charge < -0.3 is 19.5 Å². The fourth-order valence-corrected chi connectivity index (χ4v) is 4.53. The van der Waals surface area contributed by atoms with E-state index in [1.807, 2.05) is 0 Å². The lowest BCUT2D eigenvalue weighted by atomic mass is 10.1. The Kier molecular flexibility index (Phi) is 6.63. The van der Waals surface area contributed by atoms with E-state index in [-0.39, 0.29) is 30.4 Å². The quantitative estimate of drug-likeness (QED) is 0.444. The van der Waals surface area contributed by atoms with Crippen LogP contribution in [0.3, 0.4) is 0 Å². The first-order chi connectivity index (χ1) is 17.4. The van der Waals surface area contributed by atoms with Crippen LogP contribution in [0.5, 0.6) is 17.2 Å². The highest BCUT2D eigenvalue weighted by atomic mass is 35.5. The van der Waals surface area contributed by atoms with Crippen molar-refractivity contribution in [2.24, 2.45) is 0 Å². The Hall–Kier alpha value is -3.88. The van der Waals surface area contributed by atoms with Crippen molar-refractivity contribution < 1.29 is 28.6 Å². The SMILES string of the molecule is COc1ccc(C(=O)Nc2cccc(Oc3ccc4c(c3)C(=O)N(CC3CCCO3)C4=O)c2)cc1Cl. The third-order valence-corrected chi connectivity index (χ3v) is 6.39. The Labute approximate surface area is 212 Å². The Bertz CT molecular complexity index is 1350. The number of anilines is 1. The molecule has 1 unspecified atom stereocenters. The Morgan fingerprint density at radius 1 is 1.06 bits per heavy atom. The first-order valence-electron chi connectivity index (χ1n) is 11.5. The summed E-state index contributed by atoms with van der Waals surface area (Å²) >= 11 is 6.12. The van der Waals surface area contributed by atoms with Gasteiger partial charge in [-0.2, -0.15) is 0 Å². The average Bonchev–Trinajstić information content (AvgIpc) is 3.47. The van der Waals surface area contributed by atoms with Gasteiger partial charge in [-0.1, -0.05) is 17.7 Å². The number of halogens is 1. The van der Waals surface area contributed by atoms with Gasteiger partial charge >= 0.3 is 0 Å². The maximum atomic E-state index is 12.9. The van der Waals surface area contributed by atoms with Gasteiger partial charge in [0.1, 0.15) is 17.2 Å². The molecule has 184 valence electrons. The molecule has 8 nitrogen and oxygen atoms in total. The van der Waals surface area contributed by atoms with Crippen molar-refractivity contribution in [1.82, 2.24) is 4.90 Å². The van der Waals surface area contributed by atoms with Gasteiger partial charge in [-0.05, 0) is 61.4 Å². The van der Waals surface area contributed by atoms with E-state index in [1.165, 1.54) is 18.1 Å². The molecule has 36 heavy (non-hydrogen) atoms. The van der Waals surface area contributed by atoms with Crippen molar-refractivity contribution >= 4 is 35.0 Å². The smallest absolute Gasteiger partial charge is 0.261 e. The molecule has 1 atom stereocenters. The van der Waals surface area contributed by atoms with Crippen LogP contribution in [0.1, 0.15) is 43.9 Å². The zero-order valence-corrected chi connectivity index (χ0v) is 20.2. The first kappa shape index (κ1) is 23.8. The molecular weight excluding hydrogens is 484 g/mol. The number of carbonyl (C=O) groups excluding carboxylic acids is 3. The monoisotopic (exact) mass is 506 g/mol. The number of carbonyl (C=O) groups is 3. The number of methoxy groups -OCH3 is 1. The van der Waals surface area contributed by atoms with E-state index in [4.69, 9.17) is 25.8 Å². The summed E-state index contributed by atoms with van der Waals surface area (Å²) in [6.45, 7) is 0.906. The number of nitrogens with one attached hydrogen (secondary N) is 1. The summed E-state index contributed by atoms with van der Waals surface area (Å²) in [5.41, 5.74) is 1.54. The number of rotatable bonds is 7. The molecule has 0 bridgehead atoms. The molecule has 0 aromatic heterocycles. The van der Waals surface area contributed by atoms with Crippen LogP contribution in [0.15, 0.2) is 60.7 Å². The number of benzene rings is 3. The van der Waals surface area contributed by atoms with Crippen molar-refractivity contribution in [3.8, 4) is 17.2 Å². The molecule has 1 fully saturated rings. The standard InChI is InChI=1S/C27H23ClN2O6/c1-34-24-10-7-16(12-23(24)28)25(31)29-17-4-2-5-18(13-17)36-19-8-9-21-22(14-19)27(33)30(26(21)32)15-20-6-3-11-35-20/h2,4-5,7-10,12-14,20H,3,6,11,15H2,1H3,(H,29,31). The molecule has 0 aliphatic carbocycles. The van der Waals surface area contributed by atoms with Crippen molar-refractivity contribution in [3.05, 3.63) is 82.4 Å². The highest BCUT2D eigenvalue weighted by Gasteiger charge is 2.37. The van der Waals surface area contributed by atoms with Crippen LogP contribution in [0.4, 0.5) is 5.69 Å². The third-order valence-electron chi connectivity index (χ3n) is 6.09. The lowest BCUT2D eigenvalue weighted by Gasteiger charge is -2.17. The maximum Gasteiger partial charge on any atom is 0.261 e. The van der Waals surface area contributed by atoms with Crippen LogP contribution in [-0.2, 0) is 4.74 Å². The molecular formula is C27H23ClN2O6. The van der Waals surface area contributed by atoms with Crippen molar-refractivity contribution in [1.29, 1.82) is 0 Å². The normalized spacial score (nSPS) is 16.7. The lowest BCUT2D eigenvalue weighted by molar-refractivity contribution is 0.0475. The van der Waals surface area contributed by atoms with Crippen molar-refractivity contribution in [3.63, 3.8) is 0 Å². The molecule has 1 saturated heterocycles. The van der Waals surface area contributed by atoms with Gasteiger partial charge in [-0.15, -0.1) is 0 Å². The minimum atomic E-state index is -0.352. The number of amides is 3. The van der Waals surface area contributed by atoms with E-state index in [9.17, 15) is 14.4 Å². The van der Waals surface area contributed by atoms with Crippen LogP contribution in [0.25, 0.3) is 0 Å². The second-order valence-corrected chi connectivity index (χ2v) is 8.90. The molecule has 2 aliphatic rings. The van der Waals surface area contributed by atoms with E-state index in [1.54, 1.807) is 54.6 Å². The maximum absolute atomic E-state index is 12.9. The van der Waals surface area contributed by atoms with Gasteiger partial charge in [0.25, 0.3) is 17.7 Å². The van der Waals surface area contributed by atoms with Crippen LogP contribution < -0.4 is 14.8 Å². The highest BCUT2D eigenvalue weighted by molar-refractivity contribution is 6.32. The zero-order valence-electron chi connectivity index (χ0n) is 19.5. The number of ether oxygens (including phenoxy) is 3. The van der Waals surface area contributed by atoms with E-state index < -0.39 is 0 Å². The first-order valence-corrected chi connectivity index (χ1v) is 11.9. The predicted octanol–water partition coefficient (Wildman–Crippen LogP) is 5.17. The summed E-state index contributed by atoms with van der Waals surface area (Å²) < 4.78 is 16.6. The summed E-state index contributed by atoms with van der Waals surface area (Å²) in [5, 5.41) is 3.14. The van der Waals surface area contributed by atoms with Crippen LogP contribution in [0.2, 0.25) is 5.02 Å². The number of nitrogens with zero attached hydrogens (tertiary/aromatic N) is 1. The second-order valence-electron chi connectivity index (χ2n) is 8.50. The molecule has 3 aromatic carbocycles. The summed E-state index contributed by atoms with van der Waals surface area (Å²) in [6.07, 6.45) is 1.65. The van der Waals surface area contributed by atoms with Gasteiger partial charge in [0.05, 0.1) is 35.9 Å². The molecule has 3 aromatic rings. The Morgan fingerprint density at radius 3 is 2.61 bits per heavy atom. The topological polar surface area (TPSA) is 94.2 Å². The summed E-state index contributed by atoms with van der Waals surface area (Å²) in [6, 6.07) is 16.4. The number of imide groups is 1. The second kappa shape index (κ2) is 10.0. The van der Waals surface area contributed by atoms with E-state index in [0.29, 0.717) is 51.3 Å². The van der Waals surface area contributed by atoms with Gasteiger partial charge in [0, 0.05) is 23.9 Å². The summed E-state index contributed by atoms with van der Waals surface area (Å²) in [7, 11) is 1.50. The molecule has 0 saturated carbocycles. The molecule has 5 rings (SSSR count). The largest absolute Gasteiger partial charge is 0.495 e. The summed E-state index contributed by atoms with van der Waals surface area (Å²) in [4.78, 5) is 39.5. The van der Waals surface area contributed by atoms with E-state index in [0.717, 1.165) is 12.8 Å². The molecule has 2 heterocycles. The van der Waals surface area contributed by atoms with E-state index in [2.05, 4.69) is 5.32 Å². The van der Waals surface area contributed by atoms with Gasteiger partial charge in [-0.25, -0.2) is 0 Å². The minimum absolute atomic E-state index is 0.116.